The van der Waals surface area contributed by atoms with Crippen molar-refractivity contribution in [2.75, 3.05) is 7.05 Å². The van der Waals surface area contributed by atoms with Crippen molar-refractivity contribution in [3.63, 3.8) is 0 Å². The molecule has 1 unspecified atom stereocenters. The molecule has 0 aliphatic rings. The second kappa shape index (κ2) is 6.93. The van der Waals surface area contributed by atoms with Crippen LogP contribution in [-0.2, 0) is 6.54 Å². The molecule has 1 heterocycles. The van der Waals surface area contributed by atoms with Crippen LogP contribution < -0.4 is 10.5 Å². The molecule has 0 amide bonds. The van der Waals surface area contributed by atoms with E-state index in [0.717, 1.165) is 12.1 Å². The summed E-state index contributed by atoms with van der Waals surface area (Å²) in [7, 11) is 2.06. The Balaban J connectivity index is 1.86. The van der Waals surface area contributed by atoms with E-state index in [1.54, 1.807) is 12.1 Å². The predicted molar refractivity (Wildman–Crippen MR) is 97.8 cm³/mol. The lowest BCUT2D eigenvalue weighted by Crippen LogP contribution is -3.07. The SMILES string of the molecule is C[C@H](c1nc2ccccc2c(=O)[nH]1)[NH+](C)Cc1ccc(Cl)c(Cl)c1. The van der Waals surface area contributed by atoms with Crippen LogP contribution in [-0.4, -0.2) is 17.0 Å². The Labute approximate surface area is 150 Å². The molecule has 3 aromatic rings. The lowest BCUT2D eigenvalue weighted by molar-refractivity contribution is -0.924. The van der Waals surface area contributed by atoms with Gasteiger partial charge in [0.05, 0.1) is 28.0 Å². The standard InChI is InChI=1S/C18H17Cl2N3O/c1-11(23(2)10-12-7-8-14(19)15(20)9-12)17-21-16-6-4-3-5-13(16)18(24)22-17/h3-9,11H,10H2,1-2H3,(H,21,22,24)/p+1/t11-/m1/s1. The summed E-state index contributed by atoms with van der Waals surface area (Å²) in [4.78, 5) is 20.9. The highest BCUT2D eigenvalue weighted by Crippen LogP contribution is 2.22. The molecule has 124 valence electrons. The van der Waals surface area contributed by atoms with Crippen molar-refractivity contribution >= 4 is 34.1 Å². The summed E-state index contributed by atoms with van der Waals surface area (Å²) in [5.74, 6) is 0.677. The van der Waals surface area contributed by atoms with E-state index < -0.39 is 0 Å². The van der Waals surface area contributed by atoms with Crippen molar-refractivity contribution in [3.8, 4) is 0 Å². The number of hydrogen-bond acceptors (Lipinski definition) is 2. The molecule has 0 aliphatic carbocycles. The first-order valence-corrected chi connectivity index (χ1v) is 8.46. The quantitative estimate of drug-likeness (QED) is 0.749. The summed E-state index contributed by atoms with van der Waals surface area (Å²) in [6.07, 6.45) is 0. The van der Waals surface area contributed by atoms with Crippen LogP contribution in [0, 0.1) is 0 Å². The van der Waals surface area contributed by atoms with Gasteiger partial charge in [0, 0.05) is 5.56 Å². The van der Waals surface area contributed by atoms with E-state index in [9.17, 15) is 4.79 Å². The van der Waals surface area contributed by atoms with Gasteiger partial charge in [-0.25, -0.2) is 4.98 Å². The molecule has 0 spiro atoms. The average Bonchev–Trinajstić information content (AvgIpc) is 2.57. The Morgan fingerprint density at radius 3 is 2.67 bits per heavy atom. The molecule has 0 fully saturated rings. The summed E-state index contributed by atoms with van der Waals surface area (Å²) >= 11 is 12.0. The number of nitrogens with zero attached hydrogens (tertiary/aromatic N) is 1. The molecular weight excluding hydrogens is 345 g/mol. The number of fused-ring (bicyclic) bond motifs is 1. The van der Waals surface area contributed by atoms with Crippen LogP contribution in [0.4, 0.5) is 0 Å². The number of rotatable bonds is 4. The first-order chi connectivity index (χ1) is 11.5. The normalized spacial score (nSPS) is 13.8. The van der Waals surface area contributed by atoms with Gasteiger partial charge in [-0.1, -0.05) is 41.4 Å². The van der Waals surface area contributed by atoms with Gasteiger partial charge in [-0.3, -0.25) is 4.79 Å². The molecule has 4 nitrogen and oxygen atoms in total. The lowest BCUT2D eigenvalue weighted by atomic mass is 10.1. The van der Waals surface area contributed by atoms with Gasteiger partial charge >= 0.3 is 0 Å². The summed E-state index contributed by atoms with van der Waals surface area (Å²) in [6, 6.07) is 13.0. The third kappa shape index (κ3) is 3.46. The van der Waals surface area contributed by atoms with Crippen LogP contribution in [0.5, 0.6) is 0 Å². The summed E-state index contributed by atoms with van der Waals surface area (Å²) < 4.78 is 0. The number of quaternary nitrogens is 1. The Morgan fingerprint density at radius 1 is 1.17 bits per heavy atom. The van der Waals surface area contributed by atoms with E-state index >= 15 is 0 Å². The number of aromatic amines is 1. The van der Waals surface area contributed by atoms with E-state index in [0.29, 0.717) is 26.8 Å². The minimum atomic E-state index is -0.107. The van der Waals surface area contributed by atoms with Gasteiger partial charge in [-0.05, 0) is 31.2 Å². The van der Waals surface area contributed by atoms with Crippen molar-refractivity contribution in [3.05, 3.63) is 74.3 Å². The fraction of sp³-hybridized carbons (Fsp3) is 0.222. The molecule has 0 saturated heterocycles. The molecule has 2 N–H and O–H groups in total. The van der Waals surface area contributed by atoms with Crippen molar-refractivity contribution in [2.45, 2.75) is 19.5 Å². The average molecular weight is 363 g/mol. The number of H-pyrrole nitrogens is 1. The molecule has 0 radical (unpaired) electrons. The molecule has 24 heavy (non-hydrogen) atoms. The Kier molecular flexibility index (Phi) is 4.90. The largest absolute Gasteiger partial charge is 0.325 e. The maximum absolute atomic E-state index is 12.2. The van der Waals surface area contributed by atoms with Crippen molar-refractivity contribution in [1.29, 1.82) is 0 Å². The van der Waals surface area contributed by atoms with Crippen LogP contribution in [0.2, 0.25) is 10.0 Å². The van der Waals surface area contributed by atoms with Crippen LogP contribution >= 0.6 is 23.2 Å². The highest BCUT2D eigenvalue weighted by Gasteiger charge is 2.19. The zero-order valence-corrected chi connectivity index (χ0v) is 14.9. The molecule has 0 aliphatic heterocycles. The molecule has 0 bridgehead atoms. The fourth-order valence-corrected chi connectivity index (χ4v) is 2.99. The van der Waals surface area contributed by atoms with Crippen LogP contribution in [0.1, 0.15) is 24.4 Å². The van der Waals surface area contributed by atoms with Gasteiger partial charge in [0.2, 0.25) is 0 Å². The van der Waals surface area contributed by atoms with Crippen LogP contribution in [0.15, 0.2) is 47.3 Å². The highest BCUT2D eigenvalue weighted by atomic mass is 35.5. The maximum Gasteiger partial charge on any atom is 0.258 e. The first kappa shape index (κ1) is 17.0. The number of halogens is 2. The van der Waals surface area contributed by atoms with E-state index in [2.05, 4.69) is 17.0 Å². The predicted octanol–water partition coefficient (Wildman–Crippen LogP) is 3.01. The van der Waals surface area contributed by atoms with Gasteiger partial charge in [-0.2, -0.15) is 0 Å². The smallest absolute Gasteiger partial charge is 0.258 e. The lowest BCUT2D eigenvalue weighted by Gasteiger charge is -2.21. The number of aromatic nitrogens is 2. The molecule has 6 heteroatoms. The third-order valence-corrected chi connectivity index (χ3v) is 4.99. The monoisotopic (exact) mass is 362 g/mol. The van der Waals surface area contributed by atoms with E-state index in [4.69, 9.17) is 23.2 Å². The molecule has 2 aromatic carbocycles. The molecule has 0 saturated carbocycles. The van der Waals surface area contributed by atoms with Crippen molar-refractivity contribution in [1.82, 2.24) is 9.97 Å². The van der Waals surface area contributed by atoms with E-state index in [-0.39, 0.29) is 11.6 Å². The van der Waals surface area contributed by atoms with E-state index in [1.807, 2.05) is 37.3 Å². The number of para-hydroxylation sites is 1. The number of hydrogen-bond donors (Lipinski definition) is 2. The highest BCUT2D eigenvalue weighted by molar-refractivity contribution is 6.42. The topological polar surface area (TPSA) is 50.2 Å². The Bertz CT molecular complexity index is 939. The molecule has 2 atom stereocenters. The Hall–Kier alpha value is -1.88. The fourth-order valence-electron chi connectivity index (χ4n) is 2.67. The Morgan fingerprint density at radius 2 is 1.92 bits per heavy atom. The second-order valence-corrected chi connectivity index (χ2v) is 6.78. The van der Waals surface area contributed by atoms with Gasteiger partial charge in [0.25, 0.3) is 5.56 Å². The van der Waals surface area contributed by atoms with Gasteiger partial charge in [-0.15, -0.1) is 0 Å². The van der Waals surface area contributed by atoms with Gasteiger partial charge in [0.1, 0.15) is 12.6 Å². The van der Waals surface area contributed by atoms with Gasteiger partial charge < -0.3 is 9.88 Å². The van der Waals surface area contributed by atoms with Gasteiger partial charge in [0.15, 0.2) is 5.82 Å². The summed E-state index contributed by atoms with van der Waals surface area (Å²) in [6.45, 7) is 2.79. The molecule has 1 aromatic heterocycles. The minimum absolute atomic E-state index is 0.0248. The van der Waals surface area contributed by atoms with Crippen LogP contribution in [0.25, 0.3) is 10.9 Å². The van der Waals surface area contributed by atoms with E-state index in [1.165, 1.54) is 4.90 Å². The van der Waals surface area contributed by atoms with Crippen molar-refractivity contribution in [2.24, 2.45) is 0 Å². The summed E-state index contributed by atoms with van der Waals surface area (Å²) in [5.41, 5.74) is 1.69. The first-order valence-electron chi connectivity index (χ1n) is 7.71. The molecule has 3 rings (SSSR count). The zero-order chi connectivity index (χ0) is 17.3. The maximum atomic E-state index is 12.2. The summed E-state index contributed by atoms with van der Waals surface area (Å²) in [5, 5.41) is 1.70. The number of benzene rings is 2. The molecular formula is C18H18Cl2N3O+. The minimum Gasteiger partial charge on any atom is -0.325 e. The second-order valence-electron chi connectivity index (χ2n) is 5.96. The van der Waals surface area contributed by atoms with Crippen LogP contribution in [0.3, 0.4) is 0 Å². The van der Waals surface area contributed by atoms with Crippen molar-refractivity contribution < 1.29 is 4.90 Å². The zero-order valence-electron chi connectivity index (χ0n) is 13.4. The third-order valence-electron chi connectivity index (χ3n) is 4.25. The number of nitrogens with one attached hydrogen (secondary N) is 2.